The lowest BCUT2D eigenvalue weighted by molar-refractivity contribution is 0.0998. The van der Waals surface area contributed by atoms with Gasteiger partial charge in [0.05, 0.1) is 18.2 Å². The summed E-state index contributed by atoms with van der Waals surface area (Å²) in [5, 5.41) is 0.137. The van der Waals surface area contributed by atoms with E-state index < -0.39 is 0 Å². The van der Waals surface area contributed by atoms with Gasteiger partial charge in [0.1, 0.15) is 0 Å². The van der Waals surface area contributed by atoms with E-state index in [0.717, 1.165) is 0 Å². The molecule has 0 saturated carbocycles. The van der Waals surface area contributed by atoms with Crippen LogP contribution in [0.4, 0.5) is 0 Å². The predicted octanol–water partition coefficient (Wildman–Crippen LogP) is 2.53. The zero-order chi connectivity index (χ0) is 8.97. The standard InChI is InChI=1S/C9H7ClO2/c1-2-3-4-8(11)7-5-6-12-9(7)10/h5-6H,4H2,1H3. The van der Waals surface area contributed by atoms with E-state index in [1.807, 2.05) is 0 Å². The molecule has 3 heteroatoms. The second kappa shape index (κ2) is 3.99. The van der Waals surface area contributed by atoms with E-state index in [2.05, 4.69) is 11.8 Å². The van der Waals surface area contributed by atoms with Gasteiger partial charge in [0, 0.05) is 0 Å². The van der Waals surface area contributed by atoms with E-state index in [1.165, 1.54) is 6.26 Å². The van der Waals surface area contributed by atoms with Crippen molar-refractivity contribution in [1.29, 1.82) is 0 Å². The fraction of sp³-hybridized carbons (Fsp3) is 0.222. The number of rotatable bonds is 2. The van der Waals surface area contributed by atoms with E-state index in [1.54, 1.807) is 13.0 Å². The Hall–Kier alpha value is -1.20. The Kier molecular flexibility index (Phi) is 2.95. The Morgan fingerprint density at radius 1 is 1.75 bits per heavy atom. The minimum absolute atomic E-state index is 0.108. The Bertz CT molecular complexity index is 341. The molecule has 0 amide bonds. The summed E-state index contributed by atoms with van der Waals surface area (Å²) in [7, 11) is 0. The average Bonchev–Trinajstić information content (AvgIpc) is 2.47. The number of ketones is 1. The summed E-state index contributed by atoms with van der Waals surface area (Å²) in [5.41, 5.74) is 0.402. The Balaban J connectivity index is 2.76. The summed E-state index contributed by atoms with van der Waals surface area (Å²) in [6.45, 7) is 1.68. The summed E-state index contributed by atoms with van der Waals surface area (Å²) in [6.07, 6.45) is 1.57. The van der Waals surface area contributed by atoms with Gasteiger partial charge in [-0.1, -0.05) is 5.92 Å². The molecule has 1 aromatic rings. The number of hydrogen-bond donors (Lipinski definition) is 0. The molecule has 0 radical (unpaired) electrons. The van der Waals surface area contributed by atoms with Crippen LogP contribution in [0.1, 0.15) is 23.7 Å². The molecule has 0 aromatic carbocycles. The van der Waals surface area contributed by atoms with Gasteiger partial charge in [-0.25, -0.2) is 0 Å². The van der Waals surface area contributed by atoms with Gasteiger partial charge in [-0.05, 0) is 24.6 Å². The second-order valence-corrected chi connectivity index (χ2v) is 2.48. The third kappa shape index (κ3) is 1.90. The van der Waals surface area contributed by atoms with Crippen LogP contribution in [0.5, 0.6) is 0 Å². The molecule has 0 atom stereocenters. The molecule has 1 heterocycles. The molecule has 0 N–H and O–H groups in total. The quantitative estimate of drug-likeness (QED) is 0.520. The molecule has 0 unspecified atom stereocenters. The monoisotopic (exact) mass is 182 g/mol. The predicted molar refractivity (Wildman–Crippen MR) is 46.1 cm³/mol. The highest BCUT2D eigenvalue weighted by Gasteiger charge is 2.10. The van der Waals surface area contributed by atoms with E-state index in [-0.39, 0.29) is 17.4 Å². The maximum absolute atomic E-state index is 11.2. The van der Waals surface area contributed by atoms with Gasteiger partial charge >= 0.3 is 0 Å². The Morgan fingerprint density at radius 2 is 2.50 bits per heavy atom. The molecule has 2 nitrogen and oxygen atoms in total. The Labute approximate surface area is 75.5 Å². The third-order valence-corrected chi connectivity index (χ3v) is 1.64. The van der Waals surface area contributed by atoms with Crippen LogP contribution in [0, 0.1) is 11.8 Å². The first-order valence-corrected chi connectivity index (χ1v) is 3.79. The smallest absolute Gasteiger partial charge is 0.203 e. The van der Waals surface area contributed by atoms with Crippen LogP contribution >= 0.6 is 11.6 Å². The molecule has 0 spiro atoms. The van der Waals surface area contributed by atoms with Gasteiger partial charge < -0.3 is 4.42 Å². The van der Waals surface area contributed by atoms with Crippen molar-refractivity contribution in [3.05, 3.63) is 23.1 Å². The molecule has 1 rings (SSSR count). The molecule has 0 fully saturated rings. The van der Waals surface area contributed by atoms with E-state index >= 15 is 0 Å². The van der Waals surface area contributed by atoms with Crippen LogP contribution in [-0.2, 0) is 0 Å². The largest absolute Gasteiger partial charge is 0.452 e. The van der Waals surface area contributed by atoms with Crippen LogP contribution in [0.15, 0.2) is 16.7 Å². The van der Waals surface area contributed by atoms with Crippen molar-refractivity contribution in [3.8, 4) is 11.8 Å². The highest BCUT2D eigenvalue weighted by Crippen LogP contribution is 2.17. The highest BCUT2D eigenvalue weighted by atomic mass is 35.5. The van der Waals surface area contributed by atoms with Crippen LogP contribution in [0.25, 0.3) is 0 Å². The van der Waals surface area contributed by atoms with Crippen LogP contribution in [-0.4, -0.2) is 5.78 Å². The number of halogens is 1. The molecule has 12 heavy (non-hydrogen) atoms. The molecule has 62 valence electrons. The van der Waals surface area contributed by atoms with Crippen LogP contribution < -0.4 is 0 Å². The lowest BCUT2D eigenvalue weighted by atomic mass is 10.2. The lowest BCUT2D eigenvalue weighted by Gasteiger charge is -1.89. The Morgan fingerprint density at radius 3 is 3.00 bits per heavy atom. The summed E-state index contributed by atoms with van der Waals surface area (Å²) < 4.78 is 4.76. The summed E-state index contributed by atoms with van der Waals surface area (Å²) in [5.74, 6) is 5.19. The van der Waals surface area contributed by atoms with Crippen molar-refractivity contribution >= 4 is 17.4 Å². The maximum Gasteiger partial charge on any atom is 0.203 e. The van der Waals surface area contributed by atoms with Gasteiger partial charge in [0.25, 0.3) is 0 Å². The van der Waals surface area contributed by atoms with Crippen molar-refractivity contribution in [3.63, 3.8) is 0 Å². The number of Topliss-reactive ketones (excluding diaryl/α,β-unsaturated/α-hetero) is 1. The molecule has 1 aromatic heterocycles. The summed E-state index contributed by atoms with van der Waals surface area (Å²) in [4.78, 5) is 11.2. The van der Waals surface area contributed by atoms with Crippen LogP contribution in [0.3, 0.4) is 0 Å². The first kappa shape index (κ1) is 8.89. The molecule has 0 bridgehead atoms. The normalized spacial score (nSPS) is 8.83. The second-order valence-electron chi connectivity index (χ2n) is 2.13. The molecule has 0 saturated heterocycles. The first-order chi connectivity index (χ1) is 5.75. The van der Waals surface area contributed by atoms with Crippen molar-refractivity contribution in [1.82, 2.24) is 0 Å². The zero-order valence-electron chi connectivity index (χ0n) is 6.56. The minimum Gasteiger partial charge on any atom is -0.452 e. The van der Waals surface area contributed by atoms with Gasteiger partial charge in [-0.15, -0.1) is 5.92 Å². The SMILES string of the molecule is CC#CCC(=O)c1ccoc1Cl. The van der Waals surface area contributed by atoms with Gasteiger partial charge in [-0.3, -0.25) is 4.79 Å². The number of carbonyl (C=O) groups excluding carboxylic acids is 1. The number of carbonyl (C=O) groups is 1. The molecule has 0 aliphatic heterocycles. The van der Waals surface area contributed by atoms with E-state index in [9.17, 15) is 4.79 Å². The topological polar surface area (TPSA) is 30.2 Å². The van der Waals surface area contributed by atoms with Crippen molar-refractivity contribution < 1.29 is 9.21 Å². The summed E-state index contributed by atoms with van der Waals surface area (Å²) in [6, 6.07) is 1.54. The lowest BCUT2D eigenvalue weighted by Crippen LogP contribution is -1.95. The van der Waals surface area contributed by atoms with Crippen molar-refractivity contribution in [2.75, 3.05) is 0 Å². The fourth-order valence-corrected chi connectivity index (χ4v) is 0.977. The van der Waals surface area contributed by atoms with E-state index in [4.69, 9.17) is 16.0 Å². The fourth-order valence-electron chi connectivity index (χ4n) is 0.757. The minimum atomic E-state index is -0.108. The molecular weight excluding hydrogens is 176 g/mol. The summed E-state index contributed by atoms with van der Waals surface area (Å²) >= 11 is 5.58. The zero-order valence-corrected chi connectivity index (χ0v) is 7.31. The molecular formula is C9H7ClO2. The highest BCUT2D eigenvalue weighted by molar-refractivity contribution is 6.32. The first-order valence-electron chi connectivity index (χ1n) is 3.41. The van der Waals surface area contributed by atoms with Gasteiger partial charge in [0.15, 0.2) is 5.78 Å². The van der Waals surface area contributed by atoms with Crippen molar-refractivity contribution in [2.45, 2.75) is 13.3 Å². The maximum atomic E-state index is 11.2. The van der Waals surface area contributed by atoms with Gasteiger partial charge in [0.2, 0.25) is 5.22 Å². The number of hydrogen-bond acceptors (Lipinski definition) is 2. The van der Waals surface area contributed by atoms with Gasteiger partial charge in [-0.2, -0.15) is 0 Å². The average molecular weight is 183 g/mol. The third-order valence-electron chi connectivity index (χ3n) is 1.34. The molecule has 0 aliphatic carbocycles. The van der Waals surface area contributed by atoms with Crippen molar-refractivity contribution in [2.24, 2.45) is 0 Å². The molecule has 0 aliphatic rings. The van der Waals surface area contributed by atoms with Crippen LogP contribution in [0.2, 0.25) is 5.22 Å². The number of furan rings is 1. The van der Waals surface area contributed by atoms with E-state index in [0.29, 0.717) is 5.56 Å².